The fourth-order valence-electron chi connectivity index (χ4n) is 4.94. The highest BCUT2D eigenvalue weighted by Gasteiger charge is 2.34. The fraction of sp³-hybridized carbons (Fsp3) is 0.450. The summed E-state index contributed by atoms with van der Waals surface area (Å²) < 4.78 is 29.3. The van der Waals surface area contributed by atoms with Crippen LogP contribution in [-0.4, -0.2) is 42.0 Å². The third-order valence-electron chi connectivity index (χ3n) is 6.25. The molecule has 1 aromatic carbocycles. The van der Waals surface area contributed by atoms with E-state index >= 15 is 0 Å². The van der Waals surface area contributed by atoms with Crippen LogP contribution in [0.25, 0.3) is 0 Å². The molecule has 0 bridgehead atoms. The second-order valence-corrected chi connectivity index (χ2v) is 9.79. The summed E-state index contributed by atoms with van der Waals surface area (Å²) in [6.45, 7) is 0.571. The first-order valence-electron chi connectivity index (χ1n) is 10.4. The lowest BCUT2D eigenvalue weighted by atomic mass is 9.99. The van der Waals surface area contributed by atoms with Gasteiger partial charge in [0.1, 0.15) is 0 Å². The number of nitrogens with zero attached hydrogens (tertiary/aromatic N) is 3. The van der Waals surface area contributed by atoms with Gasteiger partial charge >= 0.3 is 12.1 Å². The quantitative estimate of drug-likeness (QED) is 0.664. The molecule has 1 aliphatic heterocycles. The predicted molar refractivity (Wildman–Crippen MR) is 112 cm³/mol. The van der Waals surface area contributed by atoms with Gasteiger partial charge in [0.05, 0.1) is 6.20 Å². The molecule has 0 spiro atoms. The Morgan fingerprint density at radius 3 is 2.32 bits per heavy atom. The smallest absolute Gasteiger partial charge is 0.413 e. The Labute approximate surface area is 179 Å². The van der Waals surface area contributed by atoms with Crippen molar-refractivity contribution in [3.05, 3.63) is 34.5 Å². The van der Waals surface area contributed by atoms with Crippen molar-refractivity contribution in [1.29, 1.82) is 0 Å². The molecule has 3 N–H and O–H groups in total. The number of aromatic nitrogens is 2. The number of benzene rings is 1. The number of amides is 3. The minimum Gasteiger partial charge on any atom is -0.465 e. The first-order valence-corrected chi connectivity index (χ1v) is 11.9. The van der Waals surface area contributed by atoms with Gasteiger partial charge in [-0.2, -0.15) is 5.10 Å². The van der Waals surface area contributed by atoms with Crippen LogP contribution in [0.3, 0.4) is 0 Å². The van der Waals surface area contributed by atoms with Gasteiger partial charge < -0.3 is 10.4 Å². The third-order valence-corrected chi connectivity index (χ3v) is 7.57. The maximum absolute atomic E-state index is 13.0. The van der Waals surface area contributed by atoms with Gasteiger partial charge in [-0.15, -0.1) is 0 Å². The third kappa shape index (κ3) is 3.32. The summed E-state index contributed by atoms with van der Waals surface area (Å²) in [4.78, 5) is 24.9. The molecule has 31 heavy (non-hydrogen) atoms. The first-order chi connectivity index (χ1) is 14.8. The molecule has 164 valence electrons. The maximum Gasteiger partial charge on any atom is 0.413 e. The van der Waals surface area contributed by atoms with Crippen molar-refractivity contribution in [2.75, 3.05) is 16.8 Å². The number of carbonyl (C=O) groups is 2. The zero-order chi connectivity index (χ0) is 21.8. The van der Waals surface area contributed by atoms with Crippen molar-refractivity contribution in [3.63, 3.8) is 0 Å². The summed E-state index contributed by atoms with van der Waals surface area (Å²) in [5.41, 5.74) is 5.36. The number of nitrogens with one attached hydrogen (secondary N) is 2. The van der Waals surface area contributed by atoms with Crippen molar-refractivity contribution in [3.8, 4) is 0 Å². The van der Waals surface area contributed by atoms with Crippen LogP contribution in [0.1, 0.15) is 41.5 Å². The van der Waals surface area contributed by atoms with E-state index in [-0.39, 0.29) is 17.3 Å². The molecule has 3 aliphatic rings. The highest BCUT2D eigenvalue weighted by Crippen LogP contribution is 2.38. The SMILES string of the molecule is O=C(Nc1c2c(cc3c1CCC3)CCC2)NS(=O)(=O)c1cnn2c1N(C(=O)O)CCC2. The number of carboxylic acid groups (broad SMARTS) is 1. The summed E-state index contributed by atoms with van der Waals surface area (Å²) in [5, 5.41) is 16.2. The van der Waals surface area contributed by atoms with Gasteiger partial charge in [-0.25, -0.2) is 27.4 Å². The molecule has 3 amide bonds. The molecule has 2 aliphatic carbocycles. The highest BCUT2D eigenvalue weighted by molar-refractivity contribution is 7.90. The molecule has 0 saturated carbocycles. The topological polar surface area (TPSA) is 134 Å². The number of hydrogen-bond donors (Lipinski definition) is 3. The van der Waals surface area contributed by atoms with E-state index in [0.717, 1.165) is 66.4 Å². The molecule has 0 unspecified atom stereocenters. The Balaban J connectivity index is 1.43. The van der Waals surface area contributed by atoms with Gasteiger partial charge in [-0.1, -0.05) is 6.07 Å². The van der Waals surface area contributed by atoms with E-state index in [9.17, 15) is 23.1 Å². The largest absolute Gasteiger partial charge is 0.465 e. The standard InChI is InChI=1S/C20H23N5O5S/c26-19(22-17-14-6-1-4-12(14)10-13-5-2-7-15(13)17)23-31(29,30)16-11-21-25-9-3-8-24(18(16)25)20(27)28/h10-11H,1-9H2,(H,27,28)(H2,22,23,26). The van der Waals surface area contributed by atoms with E-state index in [0.29, 0.717) is 13.0 Å². The molecule has 0 saturated heterocycles. The maximum atomic E-state index is 13.0. The number of sulfonamides is 1. The molecular weight excluding hydrogens is 422 g/mol. The van der Waals surface area contributed by atoms with E-state index in [2.05, 4.69) is 16.5 Å². The summed E-state index contributed by atoms with van der Waals surface area (Å²) in [7, 11) is -4.32. The molecule has 11 heteroatoms. The number of aryl methyl sites for hydroxylation is 3. The number of carbonyl (C=O) groups excluding carboxylic acids is 1. The van der Waals surface area contributed by atoms with E-state index in [1.54, 1.807) is 0 Å². The van der Waals surface area contributed by atoms with Crippen LogP contribution in [-0.2, 0) is 42.3 Å². The van der Waals surface area contributed by atoms with E-state index in [1.165, 1.54) is 15.8 Å². The van der Waals surface area contributed by atoms with Crippen molar-refractivity contribution >= 4 is 33.7 Å². The summed E-state index contributed by atoms with van der Waals surface area (Å²) in [6.07, 6.45) is 6.02. The number of hydrogen-bond acceptors (Lipinski definition) is 5. The van der Waals surface area contributed by atoms with Crippen LogP contribution in [0, 0.1) is 0 Å². The molecule has 0 atom stereocenters. The van der Waals surface area contributed by atoms with Gasteiger partial charge in [-0.05, 0) is 67.2 Å². The zero-order valence-corrected chi connectivity index (χ0v) is 17.7. The molecule has 2 heterocycles. The van der Waals surface area contributed by atoms with Crippen molar-refractivity contribution in [2.24, 2.45) is 0 Å². The second-order valence-electron chi connectivity index (χ2n) is 8.14. The van der Waals surface area contributed by atoms with Crippen molar-refractivity contribution in [2.45, 2.75) is 56.4 Å². The van der Waals surface area contributed by atoms with Crippen LogP contribution < -0.4 is 14.9 Å². The minimum atomic E-state index is -4.32. The average molecular weight is 446 g/mol. The van der Waals surface area contributed by atoms with Gasteiger partial charge in [0.2, 0.25) is 0 Å². The number of urea groups is 1. The van der Waals surface area contributed by atoms with E-state index < -0.39 is 22.1 Å². The van der Waals surface area contributed by atoms with Gasteiger partial charge in [-0.3, -0.25) is 4.90 Å². The van der Waals surface area contributed by atoms with Crippen LogP contribution in [0.2, 0.25) is 0 Å². The molecule has 0 radical (unpaired) electrons. The predicted octanol–water partition coefficient (Wildman–Crippen LogP) is 2.26. The first kappa shape index (κ1) is 19.9. The van der Waals surface area contributed by atoms with Gasteiger partial charge in [0.15, 0.2) is 10.7 Å². The highest BCUT2D eigenvalue weighted by atomic mass is 32.2. The lowest BCUT2D eigenvalue weighted by Gasteiger charge is -2.26. The molecule has 5 rings (SSSR count). The fourth-order valence-corrected chi connectivity index (χ4v) is 5.99. The molecular formula is C20H23N5O5S. The Morgan fingerprint density at radius 2 is 1.68 bits per heavy atom. The average Bonchev–Trinajstić information content (AvgIpc) is 3.45. The Hall–Kier alpha value is -3.08. The number of fused-ring (bicyclic) bond motifs is 3. The summed E-state index contributed by atoms with van der Waals surface area (Å²) >= 11 is 0. The lowest BCUT2D eigenvalue weighted by molar-refractivity contribution is 0.199. The Bertz CT molecular complexity index is 1170. The molecule has 2 aromatic rings. The van der Waals surface area contributed by atoms with Crippen molar-refractivity contribution in [1.82, 2.24) is 14.5 Å². The monoisotopic (exact) mass is 445 g/mol. The van der Waals surface area contributed by atoms with Crippen LogP contribution in [0.5, 0.6) is 0 Å². The second kappa shape index (κ2) is 7.26. The van der Waals surface area contributed by atoms with Crippen LogP contribution in [0.15, 0.2) is 17.2 Å². The molecule has 10 nitrogen and oxygen atoms in total. The van der Waals surface area contributed by atoms with Crippen LogP contribution in [0.4, 0.5) is 21.1 Å². The lowest BCUT2D eigenvalue weighted by Crippen LogP contribution is -2.39. The van der Waals surface area contributed by atoms with E-state index in [1.807, 2.05) is 4.72 Å². The normalized spacial score (nSPS) is 17.1. The van der Waals surface area contributed by atoms with Crippen molar-refractivity contribution < 1.29 is 23.1 Å². The summed E-state index contributed by atoms with van der Waals surface area (Å²) in [6, 6.07) is 1.37. The number of anilines is 2. The Morgan fingerprint density at radius 1 is 1.00 bits per heavy atom. The molecule has 0 fully saturated rings. The van der Waals surface area contributed by atoms with Gasteiger partial charge in [0, 0.05) is 18.8 Å². The number of rotatable bonds is 3. The molecule has 1 aromatic heterocycles. The zero-order valence-electron chi connectivity index (χ0n) is 16.8. The summed E-state index contributed by atoms with van der Waals surface area (Å²) in [5.74, 6) is -0.0412. The van der Waals surface area contributed by atoms with Gasteiger partial charge in [0.25, 0.3) is 10.0 Å². The van der Waals surface area contributed by atoms with E-state index in [4.69, 9.17) is 0 Å². The Kier molecular flexibility index (Phi) is 4.65. The van der Waals surface area contributed by atoms with Crippen LogP contribution >= 0.6 is 0 Å². The minimum absolute atomic E-state index is 0.0412.